The van der Waals surface area contributed by atoms with E-state index in [1.807, 2.05) is 0 Å². The van der Waals surface area contributed by atoms with Crippen LogP contribution >= 0.6 is 0 Å². The Hall–Kier alpha value is 1.83. The van der Waals surface area contributed by atoms with Gasteiger partial charge in [-0.2, -0.15) is 0 Å². The van der Waals surface area contributed by atoms with Crippen molar-refractivity contribution in [3.05, 3.63) is 0 Å². The average molecular weight is 441 g/mol. The van der Waals surface area contributed by atoms with Crippen molar-refractivity contribution in [3.8, 4) is 0 Å². The van der Waals surface area contributed by atoms with Gasteiger partial charge in [0.2, 0.25) is 0 Å². The summed E-state index contributed by atoms with van der Waals surface area (Å²) in [6.45, 7) is 6.55. The van der Waals surface area contributed by atoms with Crippen molar-refractivity contribution in [3.63, 3.8) is 0 Å². The maximum Gasteiger partial charge on any atom is 1.00 e. The third kappa shape index (κ3) is 50.9. The smallest absolute Gasteiger partial charge is 0.759 e. The second kappa shape index (κ2) is 31.0. The van der Waals surface area contributed by atoms with Gasteiger partial charge in [0.1, 0.15) is 0 Å². The maximum atomic E-state index is 8.52. The topological polar surface area (TPSA) is 89.5 Å². The standard InChI is InChI=1S/C20H42O.2Na.H2O4S/c1-3-5-7-9-11-13-15-17-19-21-20-18-16-14-12-10-8-6-4-2;;;1-5(2,3)4/h3-20H2,1-2H3;;;(H2,1,2,3,4)/q;2*+1;/p-2. The van der Waals surface area contributed by atoms with Gasteiger partial charge >= 0.3 is 59.1 Å². The molecule has 0 aliphatic rings. The van der Waals surface area contributed by atoms with E-state index in [4.69, 9.17) is 22.3 Å². The van der Waals surface area contributed by atoms with E-state index in [0.29, 0.717) is 0 Å². The van der Waals surface area contributed by atoms with Gasteiger partial charge in [-0.3, -0.25) is 8.42 Å². The number of hydrogen-bond donors (Lipinski definition) is 0. The van der Waals surface area contributed by atoms with Crippen molar-refractivity contribution in [1.29, 1.82) is 0 Å². The van der Waals surface area contributed by atoms with E-state index < -0.39 is 10.4 Å². The summed E-state index contributed by atoms with van der Waals surface area (Å²) < 4.78 is 39.8. The molecule has 8 heteroatoms. The molecule has 160 valence electrons. The molecule has 28 heavy (non-hydrogen) atoms. The fourth-order valence-corrected chi connectivity index (χ4v) is 2.78. The van der Waals surface area contributed by atoms with E-state index in [2.05, 4.69) is 13.8 Å². The molecule has 0 N–H and O–H groups in total. The van der Waals surface area contributed by atoms with E-state index in [1.165, 1.54) is 103 Å². The molecule has 0 aromatic carbocycles. The van der Waals surface area contributed by atoms with Gasteiger partial charge in [-0.1, -0.05) is 104 Å². The normalized spacial score (nSPS) is 10.4. The third-order valence-electron chi connectivity index (χ3n) is 4.28. The predicted octanol–water partition coefficient (Wildman–Crippen LogP) is -0.0456. The Kier molecular flexibility index (Phi) is 41.2. The fraction of sp³-hybridized carbons (Fsp3) is 1.00. The first-order chi connectivity index (χ1) is 12.4. The molecule has 0 saturated carbocycles. The minimum Gasteiger partial charge on any atom is -0.759 e. The van der Waals surface area contributed by atoms with Crippen LogP contribution in [0.2, 0.25) is 0 Å². The van der Waals surface area contributed by atoms with Crippen LogP contribution < -0.4 is 59.1 Å². The molecule has 0 radical (unpaired) electrons. The monoisotopic (exact) mass is 440 g/mol. The summed E-state index contributed by atoms with van der Waals surface area (Å²) in [7, 11) is -5.17. The molecule has 0 aromatic rings. The van der Waals surface area contributed by atoms with Crippen LogP contribution in [0.5, 0.6) is 0 Å². The zero-order valence-corrected chi connectivity index (χ0v) is 24.0. The van der Waals surface area contributed by atoms with Crippen LogP contribution in [0.1, 0.15) is 117 Å². The SMILES string of the molecule is CCCCCCCCCCOCCCCCCCCCC.O=S(=O)([O-])[O-].[Na+].[Na+]. The summed E-state index contributed by atoms with van der Waals surface area (Å²) in [6.07, 6.45) is 22.2. The first kappa shape index (κ1) is 37.2. The molecular formula is C20H42Na2O5S. The van der Waals surface area contributed by atoms with Gasteiger partial charge in [-0.05, 0) is 12.8 Å². The van der Waals surface area contributed by atoms with Gasteiger partial charge in [0.05, 0.1) is 0 Å². The molecule has 0 amide bonds. The van der Waals surface area contributed by atoms with Gasteiger partial charge in [0, 0.05) is 23.6 Å². The first-order valence-electron chi connectivity index (χ1n) is 10.7. The summed E-state index contributed by atoms with van der Waals surface area (Å²) in [6, 6.07) is 0. The molecule has 0 unspecified atom stereocenters. The van der Waals surface area contributed by atoms with Crippen LogP contribution in [0.4, 0.5) is 0 Å². The molecule has 0 heterocycles. The molecular weight excluding hydrogens is 398 g/mol. The largest absolute Gasteiger partial charge is 1.00 e. The molecule has 0 aliphatic heterocycles. The van der Waals surface area contributed by atoms with Crippen LogP contribution in [0.25, 0.3) is 0 Å². The van der Waals surface area contributed by atoms with E-state index in [0.717, 1.165) is 13.2 Å². The molecule has 0 aliphatic carbocycles. The van der Waals surface area contributed by atoms with E-state index in [1.54, 1.807) is 0 Å². The summed E-state index contributed by atoms with van der Waals surface area (Å²) in [5.41, 5.74) is 0. The van der Waals surface area contributed by atoms with Crippen LogP contribution in [-0.2, 0) is 15.1 Å². The van der Waals surface area contributed by atoms with Crippen molar-refractivity contribution < 1.29 is 81.4 Å². The second-order valence-electron chi connectivity index (χ2n) is 6.97. The molecule has 0 spiro atoms. The van der Waals surface area contributed by atoms with Gasteiger partial charge < -0.3 is 13.8 Å². The molecule has 5 nitrogen and oxygen atoms in total. The number of rotatable bonds is 18. The second-order valence-corrected chi connectivity index (χ2v) is 7.79. The van der Waals surface area contributed by atoms with Gasteiger partial charge in [0.25, 0.3) is 0 Å². The van der Waals surface area contributed by atoms with Crippen LogP contribution in [0.3, 0.4) is 0 Å². The van der Waals surface area contributed by atoms with E-state index >= 15 is 0 Å². The Morgan fingerprint density at radius 1 is 0.536 bits per heavy atom. The van der Waals surface area contributed by atoms with Crippen molar-refractivity contribution >= 4 is 10.4 Å². The van der Waals surface area contributed by atoms with Crippen LogP contribution in [0.15, 0.2) is 0 Å². The number of hydrogen-bond acceptors (Lipinski definition) is 5. The quantitative estimate of drug-likeness (QED) is 0.129. The predicted molar refractivity (Wildman–Crippen MR) is 107 cm³/mol. The van der Waals surface area contributed by atoms with Crippen molar-refractivity contribution in [2.24, 2.45) is 0 Å². The van der Waals surface area contributed by atoms with Gasteiger partial charge in [-0.25, -0.2) is 0 Å². The summed E-state index contributed by atoms with van der Waals surface area (Å²) in [4.78, 5) is 0. The minimum absolute atomic E-state index is 0. The molecule has 0 saturated heterocycles. The van der Waals surface area contributed by atoms with Crippen molar-refractivity contribution in [2.45, 2.75) is 117 Å². The summed E-state index contributed by atoms with van der Waals surface area (Å²) in [5.74, 6) is 0. The zero-order valence-electron chi connectivity index (χ0n) is 19.2. The van der Waals surface area contributed by atoms with Crippen molar-refractivity contribution in [2.75, 3.05) is 13.2 Å². The van der Waals surface area contributed by atoms with Crippen molar-refractivity contribution in [1.82, 2.24) is 0 Å². The van der Waals surface area contributed by atoms with Crippen LogP contribution in [0, 0.1) is 0 Å². The summed E-state index contributed by atoms with van der Waals surface area (Å²) in [5, 5.41) is 0. The Bertz CT molecular complexity index is 329. The summed E-state index contributed by atoms with van der Waals surface area (Å²) >= 11 is 0. The van der Waals surface area contributed by atoms with E-state index in [9.17, 15) is 0 Å². The number of unbranched alkanes of at least 4 members (excludes halogenated alkanes) is 14. The minimum atomic E-state index is -5.17. The zero-order chi connectivity index (χ0) is 19.9. The van der Waals surface area contributed by atoms with Crippen LogP contribution in [-0.4, -0.2) is 30.7 Å². The van der Waals surface area contributed by atoms with Gasteiger partial charge in [-0.15, -0.1) is 0 Å². The molecule has 0 rings (SSSR count). The maximum absolute atomic E-state index is 8.52. The molecule has 0 atom stereocenters. The fourth-order valence-electron chi connectivity index (χ4n) is 2.78. The van der Waals surface area contributed by atoms with Gasteiger partial charge in [0.15, 0.2) is 0 Å². The Morgan fingerprint density at radius 3 is 1.00 bits per heavy atom. The first-order valence-corrected chi connectivity index (χ1v) is 12.0. The molecule has 0 fully saturated rings. The molecule has 0 aromatic heterocycles. The third-order valence-corrected chi connectivity index (χ3v) is 4.28. The van der Waals surface area contributed by atoms with E-state index in [-0.39, 0.29) is 59.1 Å². The Morgan fingerprint density at radius 2 is 0.750 bits per heavy atom. The Balaban J connectivity index is -0.000000364. The average Bonchev–Trinajstić information content (AvgIpc) is 2.56. The Labute approximate surface area is 219 Å². The number of ether oxygens (including phenoxy) is 1. The molecule has 0 bridgehead atoms.